The average molecular weight is 449 g/mol. The maximum absolute atomic E-state index is 13.5. The van der Waals surface area contributed by atoms with Crippen molar-refractivity contribution >= 4 is 52.7 Å². The summed E-state index contributed by atoms with van der Waals surface area (Å²) < 4.78 is 25.8. The highest BCUT2D eigenvalue weighted by atomic mass is 32.2. The second-order valence-electron chi connectivity index (χ2n) is 7.10. The molecule has 5 aromatic rings. The van der Waals surface area contributed by atoms with Crippen LogP contribution < -0.4 is 5.43 Å². The summed E-state index contributed by atoms with van der Waals surface area (Å²) in [4.78, 5) is 14.6. The first-order valence-electron chi connectivity index (χ1n) is 9.26. The monoisotopic (exact) mass is 448 g/mol. The molecule has 148 valence electrons. The van der Waals surface area contributed by atoms with Gasteiger partial charge in [-0.1, -0.05) is 30.3 Å². The molecule has 0 fully saturated rings. The highest BCUT2D eigenvalue weighted by Crippen LogP contribution is 2.38. The van der Waals surface area contributed by atoms with E-state index in [0.29, 0.717) is 10.9 Å². The Morgan fingerprint density at radius 3 is 2.30 bits per heavy atom. The Kier molecular flexibility index (Phi) is 4.58. The normalized spacial score (nSPS) is 11.9. The van der Waals surface area contributed by atoms with E-state index < -0.39 is 9.84 Å². The van der Waals surface area contributed by atoms with Gasteiger partial charge in [0.05, 0.1) is 4.90 Å². The zero-order valence-electron chi connectivity index (χ0n) is 16.0. The van der Waals surface area contributed by atoms with Crippen molar-refractivity contribution in [2.75, 3.05) is 6.26 Å². The molecule has 2 aromatic heterocycles. The molecule has 2 heterocycles. The minimum Gasteiger partial charge on any atom is -0.288 e. The van der Waals surface area contributed by atoms with Gasteiger partial charge in [0.15, 0.2) is 15.3 Å². The lowest BCUT2D eigenvalue weighted by Crippen LogP contribution is -2.06. The van der Waals surface area contributed by atoms with Crippen LogP contribution in [0.3, 0.4) is 0 Å². The van der Waals surface area contributed by atoms with Gasteiger partial charge >= 0.3 is 0 Å². The largest absolute Gasteiger partial charge is 0.288 e. The van der Waals surface area contributed by atoms with E-state index >= 15 is 0 Å². The maximum Gasteiger partial charge on any atom is 0.196 e. The Hall–Kier alpha value is -2.80. The maximum atomic E-state index is 13.5. The lowest BCUT2D eigenvalue weighted by atomic mass is 9.99. The number of fused-ring (bicyclic) bond motifs is 2. The van der Waals surface area contributed by atoms with E-state index in [-0.39, 0.29) is 10.3 Å². The van der Waals surface area contributed by atoms with Crippen LogP contribution in [0, 0.1) is 0 Å². The summed E-state index contributed by atoms with van der Waals surface area (Å²) in [5, 5.41) is 3.84. The van der Waals surface area contributed by atoms with Crippen LogP contribution in [0.25, 0.3) is 41.7 Å². The van der Waals surface area contributed by atoms with Crippen molar-refractivity contribution in [2.24, 2.45) is 0 Å². The number of sulfone groups is 1. The fraction of sp³-hybridized carbons (Fsp3) is 0.0417. The molecule has 5 rings (SSSR count). The van der Waals surface area contributed by atoms with Gasteiger partial charge in [0, 0.05) is 31.5 Å². The standard InChI is InChI=1S/C24H16O3S3/c1-30(26,27)18-9-6-15(7-10-18)24-22(17-8-11-20-16(14-17)12-13-28-20)23(25)19-4-2-3-5-21(19)29-24/h2-14H,1H3. The molecule has 0 radical (unpaired) electrons. The predicted molar refractivity (Wildman–Crippen MR) is 127 cm³/mol. The van der Waals surface area contributed by atoms with Crippen molar-refractivity contribution in [1.29, 1.82) is 0 Å². The number of rotatable bonds is 3. The fourth-order valence-electron chi connectivity index (χ4n) is 3.58. The molecule has 3 aromatic carbocycles. The van der Waals surface area contributed by atoms with E-state index in [9.17, 15) is 13.2 Å². The van der Waals surface area contributed by atoms with Crippen LogP contribution in [-0.2, 0) is 9.84 Å². The van der Waals surface area contributed by atoms with Crippen molar-refractivity contribution in [2.45, 2.75) is 4.90 Å². The zero-order chi connectivity index (χ0) is 20.9. The summed E-state index contributed by atoms with van der Waals surface area (Å²) in [5.74, 6) is 0. The Balaban J connectivity index is 1.82. The molecule has 0 aliphatic rings. The number of benzene rings is 3. The Bertz CT molecular complexity index is 1570. The van der Waals surface area contributed by atoms with Gasteiger partial charge in [-0.15, -0.1) is 22.7 Å². The topological polar surface area (TPSA) is 51.2 Å². The van der Waals surface area contributed by atoms with Crippen molar-refractivity contribution in [3.05, 3.63) is 88.4 Å². The first-order valence-corrected chi connectivity index (χ1v) is 12.8. The summed E-state index contributed by atoms with van der Waals surface area (Å²) in [7, 11) is -3.28. The highest BCUT2D eigenvalue weighted by molar-refractivity contribution is 7.90. The molecule has 3 nitrogen and oxygen atoms in total. The van der Waals surface area contributed by atoms with Crippen molar-refractivity contribution in [3.8, 4) is 21.6 Å². The second-order valence-corrected chi connectivity index (χ2v) is 11.1. The SMILES string of the molecule is CS(=O)(=O)c1ccc(-c2sc3ccccc3c(=O)c2-c2ccc3sccc3c2)cc1. The van der Waals surface area contributed by atoms with Gasteiger partial charge < -0.3 is 0 Å². The first kappa shape index (κ1) is 19.2. The molecular formula is C24H16O3S3. The van der Waals surface area contributed by atoms with E-state index in [0.717, 1.165) is 26.1 Å². The molecule has 0 N–H and O–H groups in total. The summed E-state index contributed by atoms with van der Waals surface area (Å²) in [6.07, 6.45) is 1.19. The third-order valence-electron chi connectivity index (χ3n) is 5.08. The van der Waals surface area contributed by atoms with Crippen LogP contribution in [0.4, 0.5) is 0 Å². The van der Waals surface area contributed by atoms with Gasteiger partial charge in [0.2, 0.25) is 0 Å². The quantitative estimate of drug-likeness (QED) is 0.329. The van der Waals surface area contributed by atoms with E-state index in [4.69, 9.17) is 0 Å². The van der Waals surface area contributed by atoms with Gasteiger partial charge in [-0.05, 0) is 64.4 Å². The molecule has 0 saturated heterocycles. The lowest BCUT2D eigenvalue weighted by molar-refractivity contribution is 0.602. The molecule has 30 heavy (non-hydrogen) atoms. The van der Waals surface area contributed by atoms with Crippen molar-refractivity contribution < 1.29 is 8.42 Å². The third kappa shape index (κ3) is 3.27. The van der Waals surface area contributed by atoms with Crippen LogP contribution >= 0.6 is 22.7 Å². The Labute approximate surface area is 181 Å². The number of hydrogen-bond donors (Lipinski definition) is 0. The van der Waals surface area contributed by atoms with Gasteiger partial charge in [0.1, 0.15) is 0 Å². The Morgan fingerprint density at radius 2 is 1.53 bits per heavy atom. The Morgan fingerprint density at radius 1 is 0.800 bits per heavy atom. The molecule has 0 saturated carbocycles. The highest BCUT2D eigenvalue weighted by Gasteiger charge is 2.17. The molecule has 0 atom stereocenters. The average Bonchev–Trinajstić information content (AvgIpc) is 3.21. The summed E-state index contributed by atoms with van der Waals surface area (Å²) in [6.45, 7) is 0. The first-order chi connectivity index (χ1) is 14.4. The predicted octanol–water partition coefficient (Wildman–Crippen LogP) is 6.21. The lowest BCUT2D eigenvalue weighted by Gasteiger charge is -2.12. The smallest absolute Gasteiger partial charge is 0.196 e. The third-order valence-corrected chi connectivity index (χ3v) is 8.33. The molecule has 0 aliphatic heterocycles. The molecule has 0 aliphatic carbocycles. The van der Waals surface area contributed by atoms with Crippen molar-refractivity contribution in [3.63, 3.8) is 0 Å². The number of thiophene rings is 1. The van der Waals surface area contributed by atoms with Crippen LogP contribution in [0.1, 0.15) is 0 Å². The minimum absolute atomic E-state index is 0.0129. The van der Waals surface area contributed by atoms with E-state index in [1.54, 1.807) is 46.9 Å². The molecule has 6 heteroatoms. The van der Waals surface area contributed by atoms with Gasteiger partial charge in [-0.25, -0.2) is 8.42 Å². The van der Waals surface area contributed by atoms with Gasteiger partial charge in [0.25, 0.3) is 0 Å². The van der Waals surface area contributed by atoms with Gasteiger partial charge in [-0.3, -0.25) is 4.79 Å². The van der Waals surface area contributed by atoms with E-state index in [1.165, 1.54) is 11.0 Å². The van der Waals surface area contributed by atoms with Crippen LogP contribution in [0.5, 0.6) is 0 Å². The van der Waals surface area contributed by atoms with Gasteiger partial charge in [-0.2, -0.15) is 0 Å². The minimum atomic E-state index is -3.28. The van der Waals surface area contributed by atoms with Crippen molar-refractivity contribution in [1.82, 2.24) is 0 Å². The number of hydrogen-bond acceptors (Lipinski definition) is 5. The zero-order valence-corrected chi connectivity index (χ0v) is 18.4. The second kappa shape index (κ2) is 7.16. The van der Waals surface area contributed by atoms with E-state index in [1.807, 2.05) is 41.8 Å². The fourth-order valence-corrected chi connectivity index (χ4v) is 6.19. The molecule has 0 amide bonds. The molecule has 0 unspecified atom stereocenters. The summed E-state index contributed by atoms with van der Waals surface area (Å²) in [6, 6.07) is 22.5. The summed E-state index contributed by atoms with van der Waals surface area (Å²) >= 11 is 3.22. The van der Waals surface area contributed by atoms with E-state index in [2.05, 4.69) is 12.1 Å². The molecular weight excluding hydrogens is 432 g/mol. The van der Waals surface area contributed by atoms with Crippen LogP contribution in [-0.4, -0.2) is 14.7 Å². The van der Waals surface area contributed by atoms with Crippen LogP contribution in [0.2, 0.25) is 0 Å². The molecule has 0 spiro atoms. The van der Waals surface area contributed by atoms with Crippen LogP contribution in [0.15, 0.2) is 87.9 Å². The molecule has 0 bridgehead atoms. The summed E-state index contributed by atoms with van der Waals surface area (Å²) in [5.41, 5.74) is 2.34.